The second kappa shape index (κ2) is 4.66. The number of aryl methyl sites for hydroxylation is 2. The maximum atomic E-state index is 10.8. The van der Waals surface area contributed by atoms with E-state index < -0.39 is 11.6 Å². The van der Waals surface area contributed by atoms with E-state index >= 15 is 0 Å². The van der Waals surface area contributed by atoms with E-state index in [-0.39, 0.29) is 6.42 Å². The van der Waals surface area contributed by atoms with Gasteiger partial charge in [0.25, 0.3) is 0 Å². The van der Waals surface area contributed by atoms with Crippen LogP contribution < -0.4 is 0 Å². The summed E-state index contributed by atoms with van der Waals surface area (Å²) < 4.78 is 0. The van der Waals surface area contributed by atoms with Gasteiger partial charge in [0, 0.05) is 0 Å². The van der Waals surface area contributed by atoms with Gasteiger partial charge in [-0.1, -0.05) is 30.7 Å². The number of carbonyl (C=O) groups is 1. The van der Waals surface area contributed by atoms with E-state index in [0.717, 1.165) is 16.7 Å². The molecule has 0 bridgehead atoms. The number of hydrogen-bond donors (Lipinski definition) is 2. The molecule has 1 aromatic rings. The van der Waals surface area contributed by atoms with Gasteiger partial charge in [0.15, 0.2) is 0 Å². The molecule has 16 heavy (non-hydrogen) atoms. The normalized spacial score (nSPS) is 14.5. The first-order valence-electron chi connectivity index (χ1n) is 5.41. The van der Waals surface area contributed by atoms with Crippen LogP contribution in [0.3, 0.4) is 0 Å². The highest BCUT2D eigenvalue weighted by Gasteiger charge is 2.31. The van der Waals surface area contributed by atoms with Crippen molar-refractivity contribution in [2.75, 3.05) is 0 Å². The molecule has 1 rings (SSSR count). The van der Waals surface area contributed by atoms with Crippen molar-refractivity contribution in [1.29, 1.82) is 0 Å². The van der Waals surface area contributed by atoms with Crippen LogP contribution in [0.15, 0.2) is 18.2 Å². The van der Waals surface area contributed by atoms with Crippen LogP contribution in [0.5, 0.6) is 0 Å². The van der Waals surface area contributed by atoms with Crippen LogP contribution in [0.2, 0.25) is 0 Å². The minimum Gasteiger partial charge on any atom is -0.481 e. The summed E-state index contributed by atoms with van der Waals surface area (Å²) in [5, 5.41) is 19.2. The van der Waals surface area contributed by atoms with Gasteiger partial charge in [0.2, 0.25) is 0 Å². The Bertz CT molecular complexity index is 398. The van der Waals surface area contributed by atoms with Crippen molar-refractivity contribution in [3.05, 3.63) is 34.9 Å². The smallest absolute Gasteiger partial charge is 0.306 e. The van der Waals surface area contributed by atoms with Gasteiger partial charge in [0.05, 0.1) is 6.42 Å². The number of carboxylic acid groups (broad SMARTS) is 1. The largest absolute Gasteiger partial charge is 0.481 e. The molecule has 3 nitrogen and oxygen atoms in total. The predicted octanol–water partition coefficient (Wildman–Crippen LogP) is 2.38. The van der Waals surface area contributed by atoms with Crippen LogP contribution in [0.25, 0.3) is 0 Å². The average molecular weight is 222 g/mol. The van der Waals surface area contributed by atoms with Crippen LogP contribution in [0.4, 0.5) is 0 Å². The number of aliphatic carboxylic acids is 1. The molecular weight excluding hydrogens is 204 g/mol. The van der Waals surface area contributed by atoms with Gasteiger partial charge in [-0.25, -0.2) is 0 Å². The summed E-state index contributed by atoms with van der Waals surface area (Å²) in [5.74, 6) is -0.981. The molecule has 1 unspecified atom stereocenters. The predicted molar refractivity (Wildman–Crippen MR) is 62.4 cm³/mol. The first-order chi connectivity index (χ1) is 7.39. The zero-order valence-corrected chi connectivity index (χ0v) is 9.95. The van der Waals surface area contributed by atoms with Crippen LogP contribution in [0, 0.1) is 13.8 Å². The first kappa shape index (κ1) is 12.7. The Hall–Kier alpha value is -1.35. The summed E-state index contributed by atoms with van der Waals surface area (Å²) in [4.78, 5) is 10.8. The highest BCUT2D eigenvalue weighted by atomic mass is 16.4. The Morgan fingerprint density at radius 2 is 2.00 bits per heavy atom. The Balaban J connectivity index is 3.21. The maximum absolute atomic E-state index is 10.8. The third-order valence-corrected chi connectivity index (χ3v) is 2.92. The Morgan fingerprint density at radius 3 is 2.50 bits per heavy atom. The molecule has 0 aliphatic heterocycles. The van der Waals surface area contributed by atoms with Crippen molar-refractivity contribution in [2.24, 2.45) is 0 Å². The van der Waals surface area contributed by atoms with Crippen molar-refractivity contribution < 1.29 is 15.0 Å². The summed E-state index contributed by atoms with van der Waals surface area (Å²) in [6, 6.07) is 5.73. The van der Waals surface area contributed by atoms with E-state index in [0.29, 0.717) is 6.42 Å². The van der Waals surface area contributed by atoms with Crippen LogP contribution in [0.1, 0.15) is 36.5 Å². The van der Waals surface area contributed by atoms with Crippen molar-refractivity contribution in [1.82, 2.24) is 0 Å². The maximum Gasteiger partial charge on any atom is 0.306 e. The van der Waals surface area contributed by atoms with Gasteiger partial charge in [-0.2, -0.15) is 0 Å². The highest BCUT2D eigenvalue weighted by molar-refractivity contribution is 5.68. The van der Waals surface area contributed by atoms with E-state index in [4.69, 9.17) is 5.11 Å². The lowest BCUT2D eigenvalue weighted by atomic mass is 9.84. The summed E-state index contributed by atoms with van der Waals surface area (Å²) in [6.45, 7) is 5.61. The van der Waals surface area contributed by atoms with E-state index in [1.165, 1.54) is 0 Å². The Labute approximate surface area is 95.7 Å². The molecule has 0 saturated carbocycles. The zero-order valence-electron chi connectivity index (χ0n) is 9.95. The fourth-order valence-corrected chi connectivity index (χ4v) is 1.90. The standard InChI is InChI=1S/C13H18O3/c1-4-13(16,8-12(14)15)11-7-9(2)5-6-10(11)3/h5-7,16H,4,8H2,1-3H3,(H,14,15). The van der Waals surface area contributed by atoms with Crippen LogP contribution in [-0.4, -0.2) is 16.2 Å². The number of rotatable bonds is 4. The van der Waals surface area contributed by atoms with Gasteiger partial charge >= 0.3 is 5.97 Å². The second-order valence-electron chi connectivity index (χ2n) is 4.27. The molecule has 0 fully saturated rings. The molecule has 0 amide bonds. The fraction of sp³-hybridized carbons (Fsp3) is 0.462. The van der Waals surface area contributed by atoms with Crippen molar-refractivity contribution in [3.8, 4) is 0 Å². The third-order valence-electron chi connectivity index (χ3n) is 2.92. The van der Waals surface area contributed by atoms with Gasteiger partial charge in [0.1, 0.15) is 5.60 Å². The number of benzene rings is 1. The van der Waals surface area contributed by atoms with E-state index in [1.807, 2.05) is 32.0 Å². The molecule has 0 aromatic heterocycles. The van der Waals surface area contributed by atoms with E-state index in [2.05, 4.69) is 0 Å². The lowest BCUT2D eigenvalue weighted by molar-refractivity contribution is -0.143. The van der Waals surface area contributed by atoms with E-state index in [9.17, 15) is 9.90 Å². The van der Waals surface area contributed by atoms with Crippen molar-refractivity contribution in [3.63, 3.8) is 0 Å². The summed E-state index contributed by atoms with van der Waals surface area (Å²) >= 11 is 0. The first-order valence-corrected chi connectivity index (χ1v) is 5.41. The summed E-state index contributed by atoms with van der Waals surface area (Å²) in [5.41, 5.74) is 1.41. The number of carboxylic acids is 1. The molecular formula is C13H18O3. The minimum absolute atomic E-state index is 0.256. The molecule has 0 aliphatic carbocycles. The van der Waals surface area contributed by atoms with Gasteiger partial charge in [-0.05, 0) is 31.4 Å². The molecule has 0 heterocycles. The molecule has 1 atom stereocenters. The molecule has 0 radical (unpaired) electrons. The van der Waals surface area contributed by atoms with Crippen molar-refractivity contribution in [2.45, 2.75) is 39.2 Å². The minimum atomic E-state index is -1.26. The Morgan fingerprint density at radius 1 is 1.38 bits per heavy atom. The lowest BCUT2D eigenvalue weighted by Gasteiger charge is -2.27. The SMILES string of the molecule is CCC(O)(CC(=O)O)c1cc(C)ccc1C. The third kappa shape index (κ3) is 2.61. The molecule has 0 spiro atoms. The lowest BCUT2D eigenvalue weighted by Crippen LogP contribution is -2.29. The molecule has 88 valence electrons. The molecule has 3 heteroatoms. The Kier molecular flexibility index (Phi) is 3.70. The second-order valence-corrected chi connectivity index (χ2v) is 4.27. The number of hydrogen-bond acceptors (Lipinski definition) is 2. The topological polar surface area (TPSA) is 57.5 Å². The average Bonchev–Trinajstić information content (AvgIpc) is 2.20. The fourth-order valence-electron chi connectivity index (χ4n) is 1.90. The molecule has 2 N–H and O–H groups in total. The molecule has 0 aliphatic rings. The summed E-state index contributed by atoms with van der Waals surface area (Å²) in [7, 11) is 0. The quantitative estimate of drug-likeness (QED) is 0.822. The van der Waals surface area contributed by atoms with Crippen molar-refractivity contribution >= 4 is 5.97 Å². The van der Waals surface area contributed by atoms with Gasteiger partial charge in [-0.15, -0.1) is 0 Å². The zero-order chi connectivity index (χ0) is 12.3. The van der Waals surface area contributed by atoms with Crippen LogP contribution >= 0.6 is 0 Å². The highest BCUT2D eigenvalue weighted by Crippen LogP contribution is 2.31. The molecule has 0 saturated heterocycles. The number of aliphatic hydroxyl groups is 1. The van der Waals surface area contributed by atoms with Crippen LogP contribution in [-0.2, 0) is 10.4 Å². The molecule has 1 aromatic carbocycles. The van der Waals surface area contributed by atoms with Gasteiger partial charge < -0.3 is 10.2 Å². The summed E-state index contributed by atoms with van der Waals surface area (Å²) in [6.07, 6.45) is 0.136. The van der Waals surface area contributed by atoms with E-state index in [1.54, 1.807) is 6.92 Å². The monoisotopic (exact) mass is 222 g/mol. The van der Waals surface area contributed by atoms with Gasteiger partial charge in [-0.3, -0.25) is 4.79 Å².